The van der Waals surface area contributed by atoms with E-state index in [0.717, 1.165) is 5.56 Å². The van der Waals surface area contributed by atoms with Crippen molar-refractivity contribution in [1.82, 2.24) is 14.9 Å². The molecule has 34 heavy (non-hydrogen) atoms. The van der Waals surface area contributed by atoms with Crippen LogP contribution >= 0.6 is 11.6 Å². The highest BCUT2D eigenvalue weighted by atomic mass is 35.5. The lowest BCUT2D eigenvalue weighted by atomic mass is 9.97. The van der Waals surface area contributed by atoms with Gasteiger partial charge in [0.25, 0.3) is 0 Å². The smallest absolute Gasteiger partial charge is 0.410 e. The highest BCUT2D eigenvalue weighted by Gasteiger charge is 2.28. The molecule has 0 aliphatic carbocycles. The van der Waals surface area contributed by atoms with Crippen LogP contribution in [0.15, 0.2) is 30.6 Å². The molecular weight excluding hydrogens is 459 g/mol. The average Bonchev–Trinajstić information content (AvgIpc) is 2.78. The number of hydrogen-bond acceptors (Lipinski definition) is 6. The molecule has 0 spiro atoms. The summed E-state index contributed by atoms with van der Waals surface area (Å²) in [6.07, 6.45) is 1.01. The number of methoxy groups -OCH3 is 1. The summed E-state index contributed by atoms with van der Waals surface area (Å²) in [5.74, 6) is 0.594. The number of nitrogens with zero attached hydrogens (tertiary/aromatic N) is 4. The molecule has 180 valence electrons. The Labute approximate surface area is 203 Å². The van der Waals surface area contributed by atoms with E-state index in [4.69, 9.17) is 21.1 Å². The first-order valence-corrected chi connectivity index (χ1v) is 11.5. The van der Waals surface area contributed by atoms with Gasteiger partial charge in [-0.3, -0.25) is 0 Å². The fraction of sp³-hybridized carbons (Fsp3) is 0.400. The molecule has 0 bridgehead atoms. The maximum atomic E-state index is 15.9. The van der Waals surface area contributed by atoms with Crippen LogP contribution in [0.4, 0.5) is 15.0 Å². The third-order valence-electron chi connectivity index (χ3n) is 5.74. The van der Waals surface area contributed by atoms with E-state index in [1.54, 1.807) is 24.1 Å². The third kappa shape index (κ3) is 4.59. The van der Waals surface area contributed by atoms with Gasteiger partial charge in [-0.15, -0.1) is 0 Å². The quantitative estimate of drug-likeness (QED) is 0.489. The zero-order valence-corrected chi connectivity index (χ0v) is 20.7. The van der Waals surface area contributed by atoms with Crippen molar-refractivity contribution in [1.29, 1.82) is 0 Å². The standard InChI is InChI=1S/C25H28ClFN4O3/c1-15-7-6-8-18(33-5)19(15)20-17(26)13-16-22(21(20)27)28-14-29-23(16)30-9-11-31(12-10-30)24(32)34-25(2,3)4/h6-8,13-14H,9-12H2,1-5H3. The monoisotopic (exact) mass is 486 g/mol. The van der Waals surface area contributed by atoms with Gasteiger partial charge in [-0.1, -0.05) is 23.7 Å². The largest absolute Gasteiger partial charge is 0.496 e. The Hall–Kier alpha value is -3.13. The summed E-state index contributed by atoms with van der Waals surface area (Å²) in [6.45, 7) is 9.39. The van der Waals surface area contributed by atoms with E-state index < -0.39 is 11.4 Å². The van der Waals surface area contributed by atoms with E-state index in [0.29, 0.717) is 48.7 Å². The topological polar surface area (TPSA) is 67.8 Å². The minimum Gasteiger partial charge on any atom is -0.496 e. The number of aromatic nitrogens is 2. The summed E-state index contributed by atoms with van der Waals surface area (Å²) < 4.78 is 26.8. The molecule has 1 aliphatic rings. The van der Waals surface area contributed by atoms with E-state index in [-0.39, 0.29) is 22.2 Å². The van der Waals surface area contributed by atoms with Crippen molar-refractivity contribution in [2.45, 2.75) is 33.3 Å². The van der Waals surface area contributed by atoms with E-state index in [1.165, 1.54) is 6.33 Å². The lowest BCUT2D eigenvalue weighted by Crippen LogP contribution is -2.50. The molecule has 1 fully saturated rings. The van der Waals surface area contributed by atoms with Crippen molar-refractivity contribution >= 4 is 34.4 Å². The van der Waals surface area contributed by atoms with Crippen molar-refractivity contribution in [3.05, 3.63) is 47.0 Å². The molecule has 1 saturated heterocycles. The Bertz CT molecular complexity index is 1240. The van der Waals surface area contributed by atoms with Crippen molar-refractivity contribution in [2.75, 3.05) is 38.2 Å². The van der Waals surface area contributed by atoms with Gasteiger partial charge in [-0.2, -0.15) is 0 Å². The van der Waals surface area contributed by atoms with Crippen LogP contribution in [0.25, 0.3) is 22.0 Å². The van der Waals surface area contributed by atoms with Gasteiger partial charge < -0.3 is 19.3 Å². The molecule has 0 atom stereocenters. The predicted octanol–water partition coefficient (Wildman–Crippen LogP) is 5.46. The van der Waals surface area contributed by atoms with Gasteiger partial charge in [0.1, 0.15) is 29.0 Å². The molecule has 9 heteroatoms. The number of carbonyl (C=O) groups is 1. The normalized spacial score (nSPS) is 14.4. The molecule has 4 rings (SSSR count). The average molecular weight is 487 g/mol. The zero-order chi connectivity index (χ0) is 24.6. The highest BCUT2D eigenvalue weighted by molar-refractivity contribution is 6.34. The highest BCUT2D eigenvalue weighted by Crippen LogP contribution is 2.42. The molecule has 1 aromatic heterocycles. The van der Waals surface area contributed by atoms with Crippen molar-refractivity contribution in [2.24, 2.45) is 0 Å². The number of ether oxygens (including phenoxy) is 2. The summed E-state index contributed by atoms with van der Waals surface area (Å²) in [5.41, 5.74) is 1.32. The summed E-state index contributed by atoms with van der Waals surface area (Å²) >= 11 is 6.64. The van der Waals surface area contributed by atoms with Crippen LogP contribution in [0.5, 0.6) is 5.75 Å². The van der Waals surface area contributed by atoms with Crippen LogP contribution in [0.1, 0.15) is 26.3 Å². The zero-order valence-electron chi connectivity index (χ0n) is 20.0. The number of halogens is 2. The van der Waals surface area contributed by atoms with Gasteiger partial charge in [0.2, 0.25) is 0 Å². The Morgan fingerprint density at radius 1 is 1.12 bits per heavy atom. The SMILES string of the molecule is COc1cccc(C)c1-c1c(Cl)cc2c(N3CCN(C(=O)OC(C)(C)C)CC3)ncnc2c1F. The Morgan fingerprint density at radius 2 is 1.82 bits per heavy atom. The number of amides is 1. The van der Waals surface area contributed by atoms with Crippen molar-refractivity contribution in [3.8, 4) is 16.9 Å². The van der Waals surface area contributed by atoms with Crippen molar-refractivity contribution in [3.63, 3.8) is 0 Å². The predicted molar refractivity (Wildman–Crippen MR) is 131 cm³/mol. The summed E-state index contributed by atoms with van der Waals surface area (Å²) in [4.78, 5) is 24.7. The lowest BCUT2D eigenvalue weighted by Gasteiger charge is -2.36. The molecule has 0 N–H and O–H groups in total. The molecule has 3 aromatic rings. The Balaban J connectivity index is 1.68. The second kappa shape index (κ2) is 9.25. The molecule has 0 unspecified atom stereocenters. The lowest BCUT2D eigenvalue weighted by molar-refractivity contribution is 0.0240. The number of hydrogen-bond donors (Lipinski definition) is 0. The second-order valence-electron chi connectivity index (χ2n) is 9.25. The van der Waals surface area contributed by atoms with Gasteiger partial charge in [0, 0.05) is 42.7 Å². The second-order valence-corrected chi connectivity index (χ2v) is 9.65. The summed E-state index contributed by atoms with van der Waals surface area (Å²) in [6, 6.07) is 7.21. The number of anilines is 1. The molecule has 2 aromatic carbocycles. The van der Waals surface area contributed by atoms with Crippen LogP contribution in [0, 0.1) is 12.7 Å². The van der Waals surface area contributed by atoms with Crippen molar-refractivity contribution < 1.29 is 18.7 Å². The van der Waals surface area contributed by atoms with Gasteiger partial charge in [0.05, 0.1) is 12.1 Å². The first-order valence-electron chi connectivity index (χ1n) is 11.1. The van der Waals surface area contributed by atoms with E-state index in [2.05, 4.69) is 9.97 Å². The van der Waals surface area contributed by atoms with Crippen LogP contribution in [0.2, 0.25) is 5.02 Å². The van der Waals surface area contributed by atoms with Gasteiger partial charge in [-0.25, -0.2) is 19.2 Å². The van der Waals surface area contributed by atoms with E-state index >= 15 is 4.39 Å². The number of fused-ring (bicyclic) bond motifs is 1. The molecule has 7 nitrogen and oxygen atoms in total. The van der Waals surface area contributed by atoms with Gasteiger partial charge in [0.15, 0.2) is 5.82 Å². The van der Waals surface area contributed by atoms with E-state index in [9.17, 15) is 4.79 Å². The van der Waals surface area contributed by atoms with Crippen LogP contribution in [-0.4, -0.2) is 59.9 Å². The van der Waals surface area contributed by atoms with Gasteiger partial charge in [-0.05, 0) is 45.4 Å². The number of aryl methyl sites for hydroxylation is 1. The first kappa shape index (κ1) is 24.0. The van der Waals surface area contributed by atoms with Crippen LogP contribution in [0.3, 0.4) is 0 Å². The maximum Gasteiger partial charge on any atom is 0.410 e. The Kier molecular flexibility index (Phi) is 6.53. The minimum atomic E-state index is -0.553. The number of piperazine rings is 1. The molecule has 1 amide bonds. The number of benzene rings is 2. The minimum absolute atomic E-state index is 0.185. The molecular formula is C25H28ClFN4O3. The molecule has 0 radical (unpaired) electrons. The molecule has 1 aliphatic heterocycles. The number of rotatable bonds is 3. The molecule has 0 saturated carbocycles. The number of carbonyl (C=O) groups excluding carboxylic acids is 1. The summed E-state index contributed by atoms with van der Waals surface area (Å²) in [5, 5.41) is 0.771. The molecule has 2 heterocycles. The third-order valence-corrected chi connectivity index (χ3v) is 6.03. The first-order chi connectivity index (χ1) is 16.1. The van der Waals surface area contributed by atoms with E-state index in [1.807, 2.05) is 44.7 Å². The fourth-order valence-electron chi connectivity index (χ4n) is 4.16. The summed E-state index contributed by atoms with van der Waals surface area (Å²) in [7, 11) is 1.54. The maximum absolute atomic E-state index is 15.9. The van der Waals surface area contributed by atoms with Gasteiger partial charge >= 0.3 is 6.09 Å². The Morgan fingerprint density at radius 3 is 2.47 bits per heavy atom. The van der Waals surface area contributed by atoms with Crippen LogP contribution < -0.4 is 9.64 Å². The fourth-order valence-corrected chi connectivity index (χ4v) is 4.44. The van der Waals surface area contributed by atoms with Crippen LogP contribution in [-0.2, 0) is 4.74 Å².